The van der Waals surface area contributed by atoms with E-state index >= 15 is 0 Å². The molecule has 2 aliphatic rings. The Labute approximate surface area is 132 Å². The third kappa shape index (κ3) is 2.19. The first kappa shape index (κ1) is 13.4. The van der Waals surface area contributed by atoms with Crippen molar-refractivity contribution in [2.24, 2.45) is 5.92 Å². The predicted molar refractivity (Wildman–Crippen MR) is 91.8 cm³/mol. The Morgan fingerprint density at radius 3 is 2.68 bits per heavy atom. The van der Waals surface area contributed by atoms with E-state index in [9.17, 15) is 0 Å². The molecule has 0 bridgehead atoms. The lowest BCUT2D eigenvalue weighted by Gasteiger charge is -2.39. The lowest BCUT2D eigenvalue weighted by atomic mass is 9.79. The van der Waals surface area contributed by atoms with Gasteiger partial charge in [0.05, 0.1) is 7.11 Å². The van der Waals surface area contributed by atoms with E-state index in [1.807, 2.05) is 12.1 Å². The second-order valence-electron chi connectivity index (χ2n) is 6.11. The van der Waals surface area contributed by atoms with Crippen LogP contribution in [0.5, 0.6) is 5.75 Å². The van der Waals surface area contributed by atoms with Crippen LogP contribution in [-0.4, -0.2) is 13.7 Å². The van der Waals surface area contributed by atoms with E-state index in [0.29, 0.717) is 5.92 Å². The fourth-order valence-corrected chi connectivity index (χ4v) is 3.74. The van der Waals surface area contributed by atoms with E-state index < -0.39 is 0 Å². The van der Waals surface area contributed by atoms with Gasteiger partial charge in [-0.25, -0.2) is 0 Å². The lowest BCUT2D eigenvalue weighted by Crippen LogP contribution is -2.32. The highest BCUT2D eigenvalue weighted by atomic mass is 16.5. The molecule has 2 aromatic rings. The Bertz CT molecular complexity index is 702. The molecule has 2 nitrogen and oxygen atoms in total. The van der Waals surface area contributed by atoms with Crippen LogP contribution in [0.2, 0.25) is 0 Å². The molecule has 0 spiro atoms. The number of rotatable bonds is 2. The molecule has 1 atom stereocenters. The smallest absolute Gasteiger partial charge is 0.119 e. The summed E-state index contributed by atoms with van der Waals surface area (Å²) >= 11 is 0. The van der Waals surface area contributed by atoms with Gasteiger partial charge in [-0.05, 0) is 55.2 Å². The second kappa shape index (κ2) is 5.53. The molecule has 0 saturated heterocycles. The molecule has 1 aliphatic heterocycles. The average Bonchev–Trinajstić information content (AvgIpc) is 2.61. The Balaban J connectivity index is 1.79. The number of fused-ring (bicyclic) bond motifs is 3. The molecule has 0 amide bonds. The van der Waals surface area contributed by atoms with Gasteiger partial charge in [0, 0.05) is 29.4 Å². The number of ether oxygens (including phenoxy) is 1. The van der Waals surface area contributed by atoms with E-state index in [2.05, 4.69) is 47.4 Å². The maximum Gasteiger partial charge on any atom is 0.119 e. The largest absolute Gasteiger partial charge is 0.497 e. The summed E-state index contributed by atoms with van der Waals surface area (Å²) in [5, 5.41) is 0. The number of hydrogen-bond acceptors (Lipinski definition) is 2. The summed E-state index contributed by atoms with van der Waals surface area (Å²) < 4.78 is 5.28. The maximum atomic E-state index is 5.28. The maximum absolute atomic E-state index is 5.28. The Hall–Kier alpha value is -2.22. The molecular formula is C20H21NO. The van der Waals surface area contributed by atoms with Crippen molar-refractivity contribution in [2.75, 3.05) is 18.6 Å². The molecule has 1 heterocycles. The fourth-order valence-electron chi connectivity index (χ4n) is 3.74. The van der Waals surface area contributed by atoms with Crippen LogP contribution in [0.3, 0.4) is 0 Å². The van der Waals surface area contributed by atoms with Gasteiger partial charge in [0.25, 0.3) is 0 Å². The third-order valence-corrected chi connectivity index (χ3v) is 4.85. The van der Waals surface area contributed by atoms with E-state index in [1.165, 1.54) is 36.2 Å². The molecule has 112 valence electrons. The predicted octanol–water partition coefficient (Wildman–Crippen LogP) is 5.03. The van der Waals surface area contributed by atoms with Crippen LogP contribution in [0, 0.1) is 5.92 Å². The van der Waals surface area contributed by atoms with Crippen molar-refractivity contribution in [3.8, 4) is 5.75 Å². The van der Waals surface area contributed by atoms with Crippen molar-refractivity contribution in [2.45, 2.75) is 19.3 Å². The first-order valence-corrected chi connectivity index (χ1v) is 8.08. The lowest BCUT2D eigenvalue weighted by molar-refractivity contribution is 0.415. The van der Waals surface area contributed by atoms with Gasteiger partial charge < -0.3 is 9.64 Å². The Kier molecular flexibility index (Phi) is 3.38. The van der Waals surface area contributed by atoms with E-state index in [-0.39, 0.29) is 0 Å². The Morgan fingerprint density at radius 2 is 1.86 bits per heavy atom. The zero-order valence-electron chi connectivity index (χ0n) is 13.0. The van der Waals surface area contributed by atoms with Crippen LogP contribution in [0.25, 0.3) is 5.57 Å². The second-order valence-corrected chi connectivity index (χ2v) is 6.11. The standard InChI is InChI=1S/C20H21NO/c1-22-17-12-10-16(11-13-17)21-14-15-6-2-3-7-18(15)19-8-4-5-9-20(19)21/h4-5,7-13,15H,2-3,6,14H2,1H3/t15-/m0/s1. The molecule has 0 N–H and O–H groups in total. The highest BCUT2D eigenvalue weighted by Crippen LogP contribution is 2.45. The first-order chi connectivity index (χ1) is 10.9. The summed E-state index contributed by atoms with van der Waals surface area (Å²) in [6.45, 7) is 1.08. The summed E-state index contributed by atoms with van der Waals surface area (Å²) in [6, 6.07) is 17.2. The van der Waals surface area contributed by atoms with Crippen molar-refractivity contribution in [1.29, 1.82) is 0 Å². The molecule has 22 heavy (non-hydrogen) atoms. The van der Waals surface area contributed by atoms with Gasteiger partial charge in [0.15, 0.2) is 0 Å². The number of hydrogen-bond donors (Lipinski definition) is 0. The number of methoxy groups -OCH3 is 1. The number of benzene rings is 2. The monoisotopic (exact) mass is 291 g/mol. The molecule has 0 radical (unpaired) electrons. The van der Waals surface area contributed by atoms with Crippen molar-refractivity contribution < 1.29 is 4.74 Å². The molecule has 0 aromatic heterocycles. The summed E-state index contributed by atoms with van der Waals surface area (Å²) in [5.41, 5.74) is 5.55. The molecule has 0 saturated carbocycles. The summed E-state index contributed by atoms with van der Waals surface area (Å²) in [7, 11) is 1.71. The molecule has 0 unspecified atom stereocenters. The summed E-state index contributed by atoms with van der Waals surface area (Å²) in [6.07, 6.45) is 6.29. The van der Waals surface area contributed by atoms with Crippen LogP contribution in [0.15, 0.2) is 54.6 Å². The van der Waals surface area contributed by atoms with Crippen LogP contribution < -0.4 is 9.64 Å². The van der Waals surface area contributed by atoms with E-state index in [4.69, 9.17) is 4.74 Å². The molecule has 2 aromatic carbocycles. The van der Waals surface area contributed by atoms with Crippen LogP contribution in [0.1, 0.15) is 24.8 Å². The minimum atomic E-state index is 0.658. The van der Waals surface area contributed by atoms with Gasteiger partial charge in [-0.15, -0.1) is 0 Å². The zero-order valence-corrected chi connectivity index (χ0v) is 13.0. The van der Waals surface area contributed by atoms with Crippen LogP contribution in [-0.2, 0) is 0 Å². The molecule has 4 rings (SSSR count). The SMILES string of the molecule is COc1ccc(N2C[C@@H]3CCCC=C3c3ccccc32)cc1. The molecule has 0 fully saturated rings. The third-order valence-electron chi connectivity index (χ3n) is 4.85. The average molecular weight is 291 g/mol. The molecule has 2 heteroatoms. The van der Waals surface area contributed by atoms with Gasteiger partial charge in [-0.3, -0.25) is 0 Å². The van der Waals surface area contributed by atoms with Crippen molar-refractivity contribution in [1.82, 2.24) is 0 Å². The van der Waals surface area contributed by atoms with Gasteiger partial charge in [-0.2, -0.15) is 0 Å². The number of nitrogens with zero attached hydrogens (tertiary/aromatic N) is 1. The quantitative estimate of drug-likeness (QED) is 0.769. The number of para-hydroxylation sites is 1. The normalized spacial score (nSPS) is 20.0. The zero-order chi connectivity index (χ0) is 14.9. The minimum Gasteiger partial charge on any atom is -0.497 e. The molecular weight excluding hydrogens is 270 g/mol. The van der Waals surface area contributed by atoms with Gasteiger partial charge in [0.2, 0.25) is 0 Å². The topological polar surface area (TPSA) is 12.5 Å². The van der Waals surface area contributed by atoms with E-state index in [1.54, 1.807) is 12.7 Å². The van der Waals surface area contributed by atoms with Crippen LogP contribution in [0.4, 0.5) is 11.4 Å². The first-order valence-electron chi connectivity index (χ1n) is 8.08. The Morgan fingerprint density at radius 1 is 1.05 bits per heavy atom. The highest BCUT2D eigenvalue weighted by Gasteiger charge is 2.30. The van der Waals surface area contributed by atoms with Gasteiger partial charge in [-0.1, -0.05) is 24.3 Å². The number of anilines is 2. The minimum absolute atomic E-state index is 0.658. The number of allylic oxidation sites excluding steroid dienone is 1. The van der Waals surface area contributed by atoms with Crippen molar-refractivity contribution in [3.63, 3.8) is 0 Å². The molecule has 1 aliphatic carbocycles. The van der Waals surface area contributed by atoms with Crippen molar-refractivity contribution in [3.05, 3.63) is 60.2 Å². The van der Waals surface area contributed by atoms with Gasteiger partial charge in [0.1, 0.15) is 5.75 Å². The van der Waals surface area contributed by atoms with E-state index in [0.717, 1.165) is 12.3 Å². The van der Waals surface area contributed by atoms with Crippen molar-refractivity contribution >= 4 is 16.9 Å². The fraction of sp³-hybridized carbons (Fsp3) is 0.300. The summed E-state index contributed by atoms with van der Waals surface area (Å²) in [5.74, 6) is 1.57. The van der Waals surface area contributed by atoms with Gasteiger partial charge >= 0.3 is 0 Å². The van der Waals surface area contributed by atoms with Crippen LogP contribution >= 0.6 is 0 Å². The highest BCUT2D eigenvalue weighted by molar-refractivity contribution is 5.85. The summed E-state index contributed by atoms with van der Waals surface area (Å²) in [4.78, 5) is 2.46.